The van der Waals surface area contributed by atoms with Gasteiger partial charge >= 0.3 is 0 Å². The van der Waals surface area contributed by atoms with Gasteiger partial charge in [-0.2, -0.15) is 0 Å². The SMILES string of the molecule is COc1ccc([C@H](C)NC(C)c2ccc(C)c(F)c2)cc1. The van der Waals surface area contributed by atoms with Gasteiger partial charge in [0.1, 0.15) is 11.6 Å². The Morgan fingerprint density at radius 1 is 0.952 bits per heavy atom. The lowest BCUT2D eigenvalue weighted by atomic mass is 10.0. The molecule has 2 nitrogen and oxygen atoms in total. The summed E-state index contributed by atoms with van der Waals surface area (Å²) < 4.78 is 18.8. The number of methoxy groups -OCH3 is 1. The van der Waals surface area contributed by atoms with E-state index < -0.39 is 0 Å². The van der Waals surface area contributed by atoms with Gasteiger partial charge in [-0.3, -0.25) is 0 Å². The van der Waals surface area contributed by atoms with Crippen LogP contribution < -0.4 is 10.1 Å². The van der Waals surface area contributed by atoms with Crippen molar-refractivity contribution < 1.29 is 9.13 Å². The number of halogens is 1. The van der Waals surface area contributed by atoms with Crippen molar-refractivity contribution >= 4 is 0 Å². The maximum atomic E-state index is 13.6. The van der Waals surface area contributed by atoms with E-state index in [0.717, 1.165) is 11.3 Å². The van der Waals surface area contributed by atoms with E-state index >= 15 is 0 Å². The van der Waals surface area contributed by atoms with Crippen LogP contribution in [0.4, 0.5) is 4.39 Å². The van der Waals surface area contributed by atoms with E-state index in [1.54, 1.807) is 20.1 Å². The highest BCUT2D eigenvalue weighted by Gasteiger charge is 2.12. The van der Waals surface area contributed by atoms with Crippen molar-refractivity contribution in [2.75, 3.05) is 7.11 Å². The van der Waals surface area contributed by atoms with Crippen molar-refractivity contribution in [2.24, 2.45) is 0 Å². The summed E-state index contributed by atoms with van der Waals surface area (Å²) >= 11 is 0. The van der Waals surface area contributed by atoms with Crippen LogP contribution in [0.2, 0.25) is 0 Å². The second-order valence-electron chi connectivity index (χ2n) is 5.39. The molecule has 0 aliphatic carbocycles. The minimum absolute atomic E-state index is 0.0807. The quantitative estimate of drug-likeness (QED) is 0.870. The summed E-state index contributed by atoms with van der Waals surface area (Å²) in [6.45, 7) is 5.92. The summed E-state index contributed by atoms with van der Waals surface area (Å²) in [4.78, 5) is 0. The fourth-order valence-corrected chi connectivity index (χ4v) is 2.34. The van der Waals surface area contributed by atoms with Gasteiger partial charge in [-0.15, -0.1) is 0 Å². The van der Waals surface area contributed by atoms with Crippen molar-refractivity contribution in [3.8, 4) is 5.75 Å². The number of nitrogens with one attached hydrogen (secondary N) is 1. The Morgan fingerprint density at radius 2 is 1.52 bits per heavy atom. The molecule has 0 fully saturated rings. The van der Waals surface area contributed by atoms with Crippen LogP contribution in [-0.4, -0.2) is 7.11 Å². The van der Waals surface area contributed by atoms with Crippen molar-refractivity contribution in [1.82, 2.24) is 5.32 Å². The molecule has 0 bridgehead atoms. The summed E-state index contributed by atoms with van der Waals surface area (Å²) in [5.74, 6) is 0.692. The molecule has 112 valence electrons. The Hall–Kier alpha value is -1.87. The average Bonchev–Trinajstić information content (AvgIpc) is 2.50. The van der Waals surface area contributed by atoms with E-state index in [1.807, 2.05) is 43.3 Å². The van der Waals surface area contributed by atoms with Crippen LogP contribution in [0.3, 0.4) is 0 Å². The van der Waals surface area contributed by atoms with Crippen LogP contribution in [-0.2, 0) is 0 Å². The molecule has 2 atom stereocenters. The van der Waals surface area contributed by atoms with Gasteiger partial charge in [0.2, 0.25) is 0 Å². The predicted molar refractivity (Wildman–Crippen MR) is 84.1 cm³/mol. The molecule has 1 unspecified atom stereocenters. The van der Waals surface area contributed by atoms with Crippen molar-refractivity contribution in [3.05, 3.63) is 65.0 Å². The molecule has 0 amide bonds. The molecule has 0 aliphatic rings. The Balaban J connectivity index is 2.06. The fourth-order valence-electron chi connectivity index (χ4n) is 2.34. The molecule has 0 aliphatic heterocycles. The Bertz CT molecular complexity index is 595. The van der Waals surface area contributed by atoms with Crippen molar-refractivity contribution in [2.45, 2.75) is 32.9 Å². The molecule has 2 aromatic rings. The lowest BCUT2D eigenvalue weighted by Crippen LogP contribution is -2.22. The highest BCUT2D eigenvalue weighted by atomic mass is 19.1. The molecule has 2 aromatic carbocycles. The maximum absolute atomic E-state index is 13.6. The molecule has 0 saturated carbocycles. The van der Waals surface area contributed by atoms with E-state index in [-0.39, 0.29) is 17.9 Å². The predicted octanol–water partition coefficient (Wildman–Crippen LogP) is 4.55. The normalized spacial score (nSPS) is 13.8. The van der Waals surface area contributed by atoms with Crippen molar-refractivity contribution in [1.29, 1.82) is 0 Å². The van der Waals surface area contributed by atoms with E-state index in [1.165, 1.54) is 5.56 Å². The summed E-state index contributed by atoms with van der Waals surface area (Å²) in [7, 11) is 1.66. The summed E-state index contributed by atoms with van der Waals surface area (Å²) in [5.41, 5.74) is 2.81. The number of aryl methyl sites for hydroxylation is 1. The van der Waals surface area contributed by atoms with Gasteiger partial charge in [0.15, 0.2) is 0 Å². The summed E-state index contributed by atoms with van der Waals surface area (Å²) in [6, 6.07) is 13.6. The maximum Gasteiger partial charge on any atom is 0.126 e. The van der Waals surface area contributed by atoms with Crippen molar-refractivity contribution in [3.63, 3.8) is 0 Å². The fraction of sp³-hybridized carbons (Fsp3) is 0.333. The zero-order valence-electron chi connectivity index (χ0n) is 13.0. The highest BCUT2D eigenvalue weighted by molar-refractivity contribution is 5.30. The van der Waals surface area contributed by atoms with Gasteiger partial charge in [0, 0.05) is 12.1 Å². The third kappa shape index (κ3) is 3.82. The van der Waals surface area contributed by atoms with E-state index in [9.17, 15) is 4.39 Å². The minimum atomic E-state index is -0.154. The van der Waals surface area contributed by atoms with Gasteiger partial charge in [0.05, 0.1) is 7.11 Å². The number of ether oxygens (including phenoxy) is 1. The van der Waals surface area contributed by atoms with Gasteiger partial charge < -0.3 is 10.1 Å². The molecule has 0 spiro atoms. The molecule has 0 saturated heterocycles. The third-order valence-electron chi connectivity index (χ3n) is 3.81. The Morgan fingerprint density at radius 3 is 2.10 bits per heavy atom. The molecule has 3 heteroatoms. The second-order valence-corrected chi connectivity index (χ2v) is 5.39. The zero-order valence-corrected chi connectivity index (χ0v) is 13.0. The van der Waals surface area contributed by atoms with E-state index in [4.69, 9.17) is 4.74 Å². The third-order valence-corrected chi connectivity index (χ3v) is 3.81. The molecule has 0 radical (unpaired) electrons. The Kier molecular flexibility index (Phi) is 4.97. The monoisotopic (exact) mass is 287 g/mol. The number of benzene rings is 2. The molecule has 0 heterocycles. The van der Waals surface area contributed by atoms with Gasteiger partial charge in [0.25, 0.3) is 0 Å². The first-order valence-corrected chi connectivity index (χ1v) is 7.17. The number of hydrogen-bond acceptors (Lipinski definition) is 2. The van der Waals surface area contributed by atoms with Crippen LogP contribution in [0.15, 0.2) is 42.5 Å². The lowest BCUT2D eigenvalue weighted by Gasteiger charge is -2.21. The highest BCUT2D eigenvalue weighted by Crippen LogP contribution is 2.22. The first-order valence-electron chi connectivity index (χ1n) is 7.17. The molecule has 1 N–H and O–H groups in total. The molecular formula is C18H22FNO. The van der Waals surface area contributed by atoms with Gasteiger partial charge in [-0.25, -0.2) is 4.39 Å². The van der Waals surface area contributed by atoms with Crippen LogP contribution in [0.25, 0.3) is 0 Å². The molecule has 21 heavy (non-hydrogen) atoms. The average molecular weight is 287 g/mol. The van der Waals surface area contributed by atoms with Crippen LogP contribution in [0, 0.1) is 12.7 Å². The van der Waals surface area contributed by atoms with Crippen LogP contribution in [0.1, 0.15) is 42.6 Å². The molecule has 0 aromatic heterocycles. The Labute approximate surface area is 126 Å². The topological polar surface area (TPSA) is 21.3 Å². The smallest absolute Gasteiger partial charge is 0.126 e. The number of rotatable bonds is 5. The van der Waals surface area contributed by atoms with Crippen LogP contribution >= 0.6 is 0 Å². The number of hydrogen-bond donors (Lipinski definition) is 1. The molecule has 2 rings (SSSR count). The minimum Gasteiger partial charge on any atom is -0.497 e. The first-order chi connectivity index (χ1) is 10.0. The molecular weight excluding hydrogens is 265 g/mol. The first kappa shape index (κ1) is 15.5. The second kappa shape index (κ2) is 6.72. The summed E-state index contributed by atoms with van der Waals surface area (Å²) in [6.07, 6.45) is 0. The van der Waals surface area contributed by atoms with Gasteiger partial charge in [-0.1, -0.05) is 24.3 Å². The van der Waals surface area contributed by atoms with Crippen LogP contribution in [0.5, 0.6) is 5.75 Å². The van der Waals surface area contributed by atoms with E-state index in [0.29, 0.717) is 5.56 Å². The lowest BCUT2D eigenvalue weighted by molar-refractivity contribution is 0.414. The zero-order chi connectivity index (χ0) is 15.4. The summed E-state index contributed by atoms with van der Waals surface area (Å²) in [5, 5.41) is 3.49. The van der Waals surface area contributed by atoms with E-state index in [2.05, 4.69) is 12.2 Å². The van der Waals surface area contributed by atoms with Gasteiger partial charge in [-0.05, 0) is 55.7 Å². The largest absolute Gasteiger partial charge is 0.497 e. The standard InChI is InChI=1S/C18H22FNO/c1-12-5-6-16(11-18(12)19)14(3)20-13(2)15-7-9-17(21-4)10-8-15/h5-11,13-14,20H,1-4H3/t13-,14?/m0/s1.